The molecule has 1 aromatic carbocycles. The van der Waals surface area contributed by atoms with E-state index < -0.39 is 11.9 Å². The van der Waals surface area contributed by atoms with Gasteiger partial charge in [0.2, 0.25) is 5.91 Å². The molecule has 2 N–H and O–H groups in total. The first-order valence-electron chi connectivity index (χ1n) is 4.63. The van der Waals surface area contributed by atoms with Crippen LogP contribution in [0.15, 0.2) is 18.2 Å². The zero-order valence-corrected chi connectivity index (χ0v) is 8.74. The molecule has 0 heterocycles. The van der Waals surface area contributed by atoms with E-state index in [0.717, 1.165) is 5.56 Å². The molecule has 0 aliphatic heterocycles. The van der Waals surface area contributed by atoms with Crippen molar-refractivity contribution in [3.8, 4) is 0 Å². The highest BCUT2D eigenvalue weighted by atomic mass is 16.5. The van der Waals surface area contributed by atoms with Gasteiger partial charge in [0.05, 0.1) is 12.2 Å². The Bertz CT molecular complexity index is 399. The van der Waals surface area contributed by atoms with Gasteiger partial charge < -0.3 is 10.5 Å². The molecule has 1 rings (SSSR count). The molecule has 0 aromatic heterocycles. The summed E-state index contributed by atoms with van der Waals surface area (Å²) >= 11 is 0. The van der Waals surface area contributed by atoms with Gasteiger partial charge in [-0.1, -0.05) is 6.07 Å². The summed E-state index contributed by atoms with van der Waals surface area (Å²) in [6, 6.07) is 4.71. The Kier molecular flexibility index (Phi) is 3.44. The molecule has 0 bridgehead atoms. The smallest absolute Gasteiger partial charge is 0.338 e. The molecule has 4 nitrogen and oxygen atoms in total. The van der Waals surface area contributed by atoms with Gasteiger partial charge in [-0.25, -0.2) is 4.79 Å². The molecule has 4 heteroatoms. The van der Waals surface area contributed by atoms with Crippen LogP contribution < -0.4 is 5.73 Å². The molecule has 0 radical (unpaired) electrons. The fourth-order valence-electron chi connectivity index (χ4n) is 1.20. The van der Waals surface area contributed by atoms with E-state index in [9.17, 15) is 9.59 Å². The SMILES string of the molecule is CCOC(=O)c1cc(C(N)=O)ccc1C. The van der Waals surface area contributed by atoms with E-state index in [4.69, 9.17) is 10.5 Å². The molecule has 0 spiro atoms. The Balaban J connectivity index is 3.10. The zero-order valence-electron chi connectivity index (χ0n) is 8.74. The Hall–Kier alpha value is -1.84. The third kappa shape index (κ3) is 2.56. The first kappa shape index (κ1) is 11.2. The summed E-state index contributed by atoms with van der Waals surface area (Å²) in [7, 11) is 0. The highest BCUT2D eigenvalue weighted by molar-refractivity contribution is 5.97. The second kappa shape index (κ2) is 4.59. The third-order valence-corrected chi connectivity index (χ3v) is 2.02. The lowest BCUT2D eigenvalue weighted by Gasteiger charge is -2.06. The van der Waals surface area contributed by atoms with Crippen LogP contribution in [-0.4, -0.2) is 18.5 Å². The molecule has 0 atom stereocenters. The van der Waals surface area contributed by atoms with Gasteiger partial charge in [-0.3, -0.25) is 4.79 Å². The highest BCUT2D eigenvalue weighted by Gasteiger charge is 2.12. The number of amides is 1. The van der Waals surface area contributed by atoms with Crippen LogP contribution in [-0.2, 0) is 4.74 Å². The number of esters is 1. The van der Waals surface area contributed by atoms with Crippen LogP contribution in [0.2, 0.25) is 0 Å². The minimum Gasteiger partial charge on any atom is -0.462 e. The van der Waals surface area contributed by atoms with Crippen LogP contribution in [0.25, 0.3) is 0 Å². The van der Waals surface area contributed by atoms with E-state index in [0.29, 0.717) is 17.7 Å². The van der Waals surface area contributed by atoms with Crippen LogP contribution in [0.1, 0.15) is 33.2 Å². The van der Waals surface area contributed by atoms with Crippen molar-refractivity contribution in [3.05, 3.63) is 34.9 Å². The molecule has 1 amide bonds. The van der Waals surface area contributed by atoms with Crippen molar-refractivity contribution < 1.29 is 14.3 Å². The molecule has 0 saturated heterocycles. The lowest BCUT2D eigenvalue weighted by Crippen LogP contribution is -2.13. The summed E-state index contributed by atoms with van der Waals surface area (Å²) in [5.74, 6) is -0.987. The largest absolute Gasteiger partial charge is 0.462 e. The maximum absolute atomic E-state index is 11.5. The van der Waals surface area contributed by atoms with E-state index in [2.05, 4.69) is 0 Å². The standard InChI is InChI=1S/C11H13NO3/c1-3-15-11(14)9-6-8(10(12)13)5-4-7(9)2/h4-6H,3H2,1-2H3,(H2,12,13). The van der Waals surface area contributed by atoms with E-state index >= 15 is 0 Å². The number of benzene rings is 1. The van der Waals surface area contributed by atoms with E-state index in [1.165, 1.54) is 6.07 Å². The Morgan fingerprint density at radius 2 is 2.07 bits per heavy atom. The third-order valence-electron chi connectivity index (χ3n) is 2.02. The Morgan fingerprint density at radius 1 is 1.40 bits per heavy atom. The monoisotopic (exact) mass is 207 g/mol. The second-order valence-corrected chi connectivity index (χ2v) is 3.11. The van der Waals surface area contributed by atoms with Crippen LogP contribution in [0.3, 0.4) is 0 Å². The molecule has 0 aliphatic rings. The topological polar surface area (TPSA) is 69.4 Å². The number of aryl methyl sites for hydroxylation is 1. The van der Waals surface area contributed by atoms with Crippen molar-refractivity contribution in [2.75, 3.05) is 6.61 Å². The van der Waals surface area contributed by atoms with Crippen molar-refractivity contribution in [2.45, 2.75) is 13.8 Å². The number of primary amides is 1. The first-order chi connectivity index (χ1) is 7.06. The van der Waals surface area contributed by atoms with Crippen molar-refractivity contribution >= 4 is 11.9 Å². The molecule has 15 heavy (non-hydrogen) atoms. The molecular formula is C11H13NO3. The van der Waals surface area contributed by atoms with Crippen molar-refractivity contribution in [2.24, 2.45) is 5.73 Å². The van der Waals surface area contributed by atoms with Gasteiger partial charge in [-0.05, 0) is 31.5 Å². The highest BCUT2D eigenvalue weighted by Crippen LogP contribution is 2.12. The second-order valence-electron chi connectivity index (χ2n) is 3.11. The molecular weight excluding hydrogens is 194 g/mol. The number of ether oxygens (including phenoxy) is 1. The van der Waals surface area contributed by atoms with Gasteiger partial charge >= 0.3 is 5.97 Å². The average molecular weight is 207 g/mol. The number of nitrogens with two attached hydrogens (primary N) is 1. The number of rotatable bonds is 3. The van der Waals surface area contributed by atoms with Crippen LogP contribution in [0.4, 0.5) is 0 Å². The maximum Gasteiger partial charge on any atom is 0.338 e. The average Bonchev–Trinajstić information content (AvgIpc) is 2.18. The number of hydrogen-bond donors (Lipinski definition) is 1. The van der Waals surface area contributed by atoms with Crippen LogP contribution >= 0.6 is 0 Å². The fourth-order valence-corrected chi connectivity index (χ4v) is 1.20. The summed E-state index contributed by atoms with van der Waals surface area (Å²) in [4.78, 5) is 22.4. The minimum atomic E-state index is -0.555. The number of carbonyl (C=O) groups is 2. The van der Waals surface area contributed by atoms with Crippen molar-refractivity contribution in [3.63, 3.8) is 0 Å². The van der Waals surface area contributed by atoms with E-state index in [1.807, 2.05) is 0 Å². The van der Waals surface area contributed by atoms with Gasteiger partial charge in [0.1, 0.15) is 0 Å². The van der Waals surface area contributed by atoms with Gasteiger partial charge in [0, 0.05) is 5.56 Å². The lowest BCUT2D eigenvalue weighted by atomic mass is 10.0. The van der Waals surface area contributed by atoms with Gasteiger partial charge in [0.25, 0.3) is 0 Å². The summed E-state index contributed by atoms with van der Waals surface area (Å²) in [5, 5.41) is 0. The van der Waals surface area contributed by atoms with Crippen LogP contribution in [0, 0.1) is 6.92 Å². The van der Waals surface area contributed by atoms with Gasteiger partial charge in [-0.2, -0.15) is 0 Å². The maximum atomic E-state index is 11.5. The predicted octanol–water partition coefficient (Wildman–Crippen LogP) is 1.27. The summed E-state index contributed by atoms with van der Waals surface area (Å²) in [6.07, 6.45) is 0. The number of carbonyl (C=O) groups excluding carboxylic acids is 2. The summed E-state index contributed by atoms with van der Waals surface area (Å²) in [6.45, 7) is 3.81. The first-order valence-corrected chi connectivity index (χ1v) is 4.63. The molecule has 0 fully saturated rings. The Labute approximate surface area is 88.0 Å². The van der Waals surface area contributed by atoms with E-state index in [1.54, 1.807) is 26.0 Å². The van der Waals surface area contributed by atoms with Crippen LogP contribution in [0.5, 0.6) is 0 Å². The molecule has 0 aliphatic carbocycles. The molecule has 80 valence electrons. The van der Waals surface area contributed by atoms with E-state index in [-0.39, 0.29) is 0 Å². The fraction of sp³-hybridized carbons (Fsp3) is 0.273. The Morgan fingerprint density at radius 3 is 2.60 bits per heavy atom. The molecule has 0 unspecified atom stereocenters. The van der Waals surface area contributed by atoms with Crippen molar-refractivity contribution in [1.29, 1.82) is 0 Å². The number of hydrogen-bond acceptors (Lipinski definition) is 3. The van der Waals surface area contributed by atoms with Gasteiger partial charge in [0.15, 0.2) is 0 Å². The lowest BCUT2D eigenvalue weighted by molar-refractivity contribution is 0.0525. The predicted molar refractivity (Wildman–Crippen MR) is 55.7 cm³/mol. The summed E-state index contributed by atoms with van der Waals surface area (Å²) in [5.41, 5.74) is 6.57. The molecule has 0 saturated carbocycles. The minimum absolute atomic E-state index is 0.305. The quantitative estimate of drug-likeness (QED) is 0.759. The summed E-state index contributed by atoms with van der Waals surface area (Å²) < 4.78 is 4.85. The van der Waals surface area contributed by atoms with Gasteiger partial charge in [-0.15, -0.1) is 0 Å². The van der Waals surface area contributed by atoms with Crippen molar-refractivity contribution in [1.82, 2.24) is 0 Å². The normalized spacial score (nSPS) is 9.73. The zero-order chi connectivity index (χ0) is 11.4. The molecule has 1 aromatic rings.